The van der Waals surface area contributed by atoms with Crippen molar-refractivity contribution in [2.75, 3.05) is 0 Å². The summed E-state index contributed by atoms with van der Waals surface area (Å²) >= 11 is 0. The van der Waals surface area contributed by atoms with E-state index >= 15 is 0 Å². The average Bonchev–Trinajstić information content (AvgIpc) is 3.13. The molecule has 0 atom stereocenters. The third-order valence-corrected chi connectivity index (χ3v) is 6.20. The second kappa shape index (κ2) is 5.32. The molecule has 2 aliphatic rings. The minimum Gasteiger partial charge on any atom is -0.449 e. The lowest BCUT2D eigenvalue weighted by atomic mass is 9.88. The standard InChI is InChI=1S/C23H24NO/c1-14-13-17-9-6-10-19-21(17)20(15(14)2)22-23(25-19)18(11-12-24(22)3)16-7-4-5-8-16/h6,9-13,16H,4-5,7-8H2,1-3H3/q+1. The molecule has 1 aliphatic heterocycles. The highest BCUT2D eigenvalue weighted by molar-refractivity contribution is 6.04. The average molecular weight is 330 g/mol. The topological polar surface area (TPSA) is 13.1 Å². The minimum atomic E-state index is 0.640. The van der Waals surface area contributed by atoms with E-state index in [4.69, 9.17) is 4.74 Å². The van der Waals surface area contributed by atoms with Crippen LogP contribution in [-0.4, -0.2) is 0 Å². The minimum absolute atomic E-state index is 0.640. The van der Waals surface area contributed by atoms with E-state index in [2.05, 4.69) is 62.0 Å². The van der Waals surface area contributed by atoms with Gasteiger partial charge in [-0.3, -0.25) is 0 Å². The van der Waals surface area contributed by atoms with Gasteiger partial charge in [0.05, 0.1) is 5.56 Å². The molecule has 3 aromatic rings. The summed E-state index contributed by atoms with van der Waals surface area (Å²) in [5.41, 5.74) is 6.71. The highest BCUT2D eigenvalue weighted by Crippen LogP contribution is 2.51. The van der Waals surface area contributed by atoms with Crippen molar-refractivity contribution in [2.24, 2.45) is 7.05 Å². The molecule has 1 saturated carbocycles. The van der Waals surface area contributed by atoms with Crippen LogP contribution in [0.5, 0.6) is 11.5 Å². The molecule has 5 rings (SSSR count). The molecule has 0 unspecified atom stereocenters. The highest BCUT2D eigenvalue weighted by Gasteiger charge is 2.34. The van der Waals surface area contributed by atoms with Gasteiger partial charge in [-0.05, 0) is 55.2 Å². The molecule has 2 heterocycles. The Morgan fingerprint density at radius 3 is 2.68 bits per heavy atom. The number of aromatic nitrogens is 1. The first-order chi connectivity index (χ1) is 12.1. The maximum absolute atomic E-state index is 6.55. The van der Waals surface area contributed by atoms with Crippen LogP contribution < -0.4 is 9.30 Å². The van der Waals surface area contributed by atoms with Gasteiger partial charge in [0.15, 0.2) is 6.20 Å². The fourth-order valence-corrected chi connectivity index (χ4v) is 4.75. The van der Waals surface area contributed by atoms with Crippen molar-refractivity contribution in [2.45, 2.75) is 45.4 Å². The molecular weight excluding hydrogens is 306 g/mol. The molecule has 0 N–H and O–H groups in total. The molecule has 2 aromatic carbocycles. The second-order valence-electron chi connectivity index (χ2n) is 7.69. The normalized spacial score (nSPS) is 16.1. The molecule has 0 spiro atoms. The van der Waals surface area contributed by atoms with Crippen LogP contribution in [-0.2, 0) is 7.05 Å². The third-order valence-electron chi connectivity index (χ3n) is 6.20. The molecule has 126 valence electrons. The van der Waals surface area contributed by atoms with E-state index in [9.17, 15) is 0 Å². The van der Waals surface area contributed by atoms with Gasteiger partial charge in [0.2, 0.25) is 5.75 Å². The maximum Gasteiger partial charge on any atom is 0.256 e. The SMILES string of the molecule is Cc1cc2cccc3c2c(c1C)-c1c(c(C2CCCC2)cc[n+]1C)O3. The van der Waals surface area contributed by atoms with Gasteiger partial charge in [-0.1, -0.05) is 31.0 Å². The lowest BCUT2D eigenvalue weighted by Gasteiger charge is -2.24. The van der Waals surface area contributed by atoms with E-state index in [0.29, 0.717) is 5.92 Å². The first-order valence-electron chi connectivity index (χ1n) is 9.39. The van der Waals surface area contributed by atoms with Crippen LogP contribution in [0.3, 0.4) is 0 Å². The number of aryl methyl sites for hydroxylation is 2. The van der Waals surface area contributed by atoms with E-state index in [1.807, 2.05) is 0 Å². The third kappa shape index (κ3) is 2.06. The summed E-state index contributed by atoms with van der Waals surface area (Å²) in [5.74, 6) is 2.74. The van der Waals surface area contributed by atoms with Crippen LogP contribution in [0.15, 0.2) is 36.5 Å². The molecule has 1 aliphatic carbocycles. The summed E-state index contributed by atoms with van der Waals surface area (Å²) < 4.78 is 8.79. The maximum atomic E-state index is 6.55. The zero-order valence-electron chi connectivity index (χ0n) is 15.2. The van der Waals surface area contributed by atoms with Crippen LogP contribution in [0.2, 0.25) is 0 Å². The van der Waals surface area contributed by atoms with Gasteiger partial charge in [0.25, 0.3) is 5.69 Å². The number of fused-ring (bicyclic) bond motifs is 2. The lowest BCUT2D eigenvalue weighted by Crippen LogP contribution is -2.32. The predicted molar refractivity (Wildman–Crippen MR) is 101 cm³/mol. The molecule has 1 fully saturated rings. The van der Waals surface area contributed by atoms with Gasteiger partial charge in [-0.2, -0.15) is 4.57 Å². The highest BCUT2D eigenvalue weighted by atomic mass is 16.5. The molecule has 1 aromatic heterocycles. The van der Waals surface area contributed by atoms with Crippen LogP contribution in [0.1, 0.15) is 48.3 Å². The molecule has 2 heteroatoms. The van der Waals surface area contributed by atoms with Crippen LogP contribution in [0.4, 0.5) is 0 Å². The summed E-state index contributed by atoms with van der Waals surface area (Å²) in [4.78, 5) is 0. The number of benzene rings is 2. The Balaban J connectivity index is 1.89. The summed E-state index contributed by atoms with van der Waals surface area (Å²) in [5, 5.41) is 2.53. The van der Waals surface area contributed by atoms with Gasteiger partial charge >= 0.3 is 0 Å². The zero-order chi connectivity index (χ0) is 17.1. The molecule has 2 nitrogen and oxygen atoms in total. The summed E-state index contributed by atoms with van der Waals surface area (Å²) in [6.45, 7) is 4.46. The van der Waals surface area contributed by atoms with E-state index < -0.39 is 0 Å². The largest absolute Gasteiger partial charge is 0.449 e. The van der Waals surface area contributed by atoms with Gasteiger partial charge in [-0.25, -0.2) is 0 Å². The molecule has 0 saturated heterocycles. The predicted octanol–water partition coefficient (Wildman–Crippen LogP) is 5.71. The van der Waals surface area contributed by atoms with E-state index in [-0.39, 0.29) is 0 Å². The molecule has 0 amide bonds. The van der Waals surface area contributed by atoms with Gasteiger partial charge in [0, 0.05) is 17.0 Å². The first-order valence-corrected chi connectivity index (χ1v) is 9.39. The Morgan fingerprint density at radius 1 is 1.08 bits per heavy atom. The summed E-state index contributed by atoms with van der Waals surface area (Å²) in [7, 11) is 2.14. The van der Waals surface area contributed by atoms with E-state index in [1.54, 1.807) is 0 Å². The van der Waals surface area contributed by atoms with Gasteiger partial charge < -0.3 is 4.74 Å². The Bertz CT molecular complexity index is 1010. The van der Waals surface area contributed by atoms with Crippen molar-refractivity contribution in [3.05, 3.63) is 53.2 Å². The second-order valence-corrected chi connectivity index (χ2v) is 7.69. The number of rotatable bonds is 1. The number of ether oxygens (including phenoxy) is 1. The van der Waals surface area contributed by atoms with Crippen LogP contribution in [0.25, 0.3) is 22.0 Å². The van der Waals surface area contributed by atoms with Crippen molar-refractivity contribution >= 4 is 10.8 Å². The molecule has 0 radical (unpaired) electrons. The lowest BCUT2D eigenvalue weighted by molar-refractivity contribution is -0.660. The van der Waals surface area contributed by atoms with Crippen molar-refractivity contribution in [3.63, 3.8) is 0 Å². The number of hydrogen-bond donors (Lipinski definition) is 0. The molecule has 0 bridgehead atoms. The van der Waals surface area contributed by atoms with Crippen LogP contribution >= 0.6 is 0 Å². The zero-order valence-corrected chi connectivity index (χ0v) is 15.2. The quantitative estimate of drug-likeness (QED) is 0.407. The Kier molecular flexibility index (Phi) is 3.18. The Hall–Kier alpha value is -2.35. The van der Waals surface area contributed by atoms with Gasteiger partial charge in [-0.15, -0.1) is 0 Å². The van der Waals surface area contributed by atoms with E-state index in [0.717, 1.165) is 11.5 Å². The van der Waals surface area contributed by atoms with E-state index in [1.165, 1.54) is 64.4 Å². The van der Waals surface area contributed by atoms with Crippen molar-refractivity contribution in [1.29, 1.82) is 0 Å². The van der Waals surface area contributed by atoms with Crippen molar-refractivity contribution in [1.82, 2.24) is 0 Å². The Morgan fingerprint density at radius 2 is 1.88 bits per heavy atom. The van der Waals surface area contributed by atoms with Crippen molar-refractivity contribution < 1.29 is 9.30 Å². The molecular formula is C23H24NO+. The van der Waals surface area contributed by atoms with Crippen molar-refractivity contribution in [3.8, 4) is 22.8 Å². The summed E-state index contributed by atoms with van der Waals surface area (Å²) in [6, 6.07) is 11.0. The van der Waals surface area contributed by atoms with Gasteiger partial charge in [0.1, 0.15) is 12.8 Å². The fraction of sp³-hybridized carbons (Fsp3) is 0.348. The number of pyridine rings is 1. The number of hydrogen-bond acceptors (Lipinski definition) is 1. The Labute approximate surface area is 149 Å². The van der Waals surface area contributed by atoms with Crippen LogP contribution in [0, 0.1) is 13.8 Å². The first kappa shape index (κ1) is 14.9. The monoisotopic (exact) mass is 330 g/mol. The molecule has 25 heavy (non-hydrogen) atoms. The fourth-order valence-electron chi connectivity index (χ4n) is 4.75. The summed E-state index contributed by atoms with van der Waals surface area (Å²) in [6.07, 6.45) is 7.47. The smallest absolute Gasteiger partial charge is 0.256 e. The number of nitrogens with zero attached hydrogens (tertiary/aromatic N) is 1.